The number of nitrogens with zero attached hydrogens (tertiary/aromatic N) is 1. The van der Waals surface area contributed by atoms with Gasteiger partial charge in [-0.2, -0.15) is 0 Å². The van der Waals surface area contributed by atoms with Crippen LogP contribution in [-0.2, 0) is 9.53 Å². The van der Waals surface area contributed by atoms with Gasteiger partial charge in [0.1, 0.15) is 5.76 Å². The molecule has 0 bridgehead atoms. The Balaban J connectivity index is 1.83. The van der Waals surface area contributed by atoms with Crippen LogP contribution in [0.15, 0.2) is 40.6 Å². The first-order valence-electron chi connectivity index (χ1n) is 6.64. The topological polar surface area (TPSA) is 38.7 Å². The molecule has 96 valence electrons. The highest BCUT2D eigenvalue weighted by Gasteiger charge is 2.15. The van der Waals surface area contributed by atoms with Gasteiger partial charge in [0.15, 0.2) is 0 Å². The molecule has 2 rings (SSSR count). The molecule has 0 unspecified atom stereocenters. The van der Waals surface area contributed by atoms with Crippen LogP contribution in [0.5, 0.6) is 0 Å². The third-order valence-corrected chi connectivity index (χ3v) is 3.04. The molecule has 1 aliphatic carbocycles. The number of unbranched alkanes of at least 4 members (excludes halogenated alkanes) is 3. The number of aliphatic imine (C=N–C) groups is 1. The quantitative estimate of drug-likeness (QED) is 0.673. The van der Waals surface area contributed by atoms with Crippen molar-refractivity contribution in [3.8, 4) is 0 Å². The van der Waals surface area contributed by atoms with Crippen LogP contribution in [-0.4, -0.2) is 18.2 Å². The third kappa shape index (κ3) is 3.42. The van der Waals surface area contributed by atoms with E-state index in [4.69, 9.17) is 4.74 Å². The number of hydrogen-bond acceptors (Lipinski definition) is 2. The second kappa shape index (κ2) is 6.34. The summed E-state index contributed by atoms with van der Waals surface area (Å²) in [6.45, 7) is 2.95. The van der Waals surface area contributed by atoms with E-state index >= 15 is 0 Å². The first-order chi connectivity index (χ1) is 8.79. The zero-order chi connectivity index (χ0) is 12.8. The van der Waals surface area contributed by atoms with E-state index in [-0.39, 0.29) is 5.91 Å². The summed E-state index contributed by atoms with van der Waals surface area (Å²) in [6, 6.07) is 0. The number of rotatable bonds is 6. The molecule has 18 heavy (non-hydrogen) atoms. The van der Waals surface area contributed by atoms with E-state index in [0.29, 0.717) is 0 Å². The fourth-order valence-corrected chi connectivity index (χ4v) is 2.01. The molecule has 0 saturated heterocycles. The second-order valence-electron chi connectivity index (χ2n) is 4.55. The monoisotopic (exact) mass is 245 g/mol. The van der Waals surface area contributed by atoms with Crippen molar-refractivity contribution in [3.63, 3.8) is 0 Å². The minimum absolute atomic E-state index is 0.192. The van der Waals surface area contributed by atoms with Crippen molar-refractivity contribution >= 4 is 11.6 Å². The van der Waals surface area contributed by atoms with Gasteiger partial charge in [0.25, 0.3) is 5.91 Å². The molecule has 0 aromatic carbocycles. The molecule has 0 spiro atoms. The smallest absolute Gasteiger partial charge is 0.270 e. The Morgan fingerprint density at radius 1 is 1.28 bits per heavy atom. The van der Waals surface area contributed by atoms with Crippen LogP contribution in [0.25, 0.3) is 0 Å². The first-order valence-corrected chi connectivity index (χ1v) is 6.64. The molecule has 3 nitrogen and oxygen atoms in total. The fraction of sp³-hybridized carbons (Fsp3) is 0.467. The van der Waals surface area contributed by atoms with Gasteiger partial charge < -0.3 is 4.74 Å². The summed E-state index contributed by atoms with van der Waals surface area (Å²) in [5, 5.41) is 0. The number of fused-ring (bicyclic) bond motifs is 1. The number of carbonyl (C=O) groups is 1. The number of dihydropyridines is 1. The summed E-state index contributed by atoms with van der Waals surface area (Å²) >= 11 is 0. The highest BCUT2D eigenvalue weighted by Crippen LogP contribution is 2.20. The number of carbonyl (C=O) groups excluding carboxylic acids is 1. The third-order valence-electron chi connectivity index (χ3n) is 3.04. The van der Waals surface area contributed by atoms with Gasteiger partial charge in [-0.05, 0) is 18.1 Å². The molecule has 2 aliphatic rings. The van der Waals surface area contributed by atoms with E-state index in [1.54, 1.807) is 0 Å². The Morgan fingerprint density at radius 3 is 3.00 bits per heavy atom. The number of ether oxygens (including phenoxy) is 1. The van der Waals surface area contributed by atoms with Crippen LogP contribution in [0, 0.1) is 0 Å². The molecule has 1 heterocycles. The fourth-order valence-electron chi connectivity index (χ4n) is 2.01. The molecule has 1 aliphatic heterocycles. The van der Waals surface area contributed by atoms with E-state index in [2.05, 4.69) is 18.0 Å². The Labute approximate surface area is 108 Å². The Kier molecular flexibility index (Phi) is 4.51. The van der Waals surface area contributed by atoms with Gasteiger partial charge in [0.2, 0.25) is 0 Å². The Hall–Kier alpha value is -1.64. The lowest BCUT2D eigenvalue weighted by molar-refractivity contribution is -0.113. The van der Waals surface area contributed by atoms with Gasteiger partial charge in [-0.3, -0.25) is 4.79 Å². The van der Waals surface area contributed by atoms with Crippen molar-refractivity contribution in [1.82, 2.24) is 0 Å². The summed E-state index contributed by atoms with van der Waals surface area (Å²) < 4.78 is 5.71. The molecule has 0 aromatic heterocycles. The lowest BCUT2D eigenvalue weighted by Gasteiger charge is -2.16. The van der Waals surface area contributed by atoms with Gasteiger partial charge in [-0.25, -0.2) is 4.99 Å². The summed E-state index contributed by atoms with van der Waals surface area (Å²) in [5.41, 5.74) is 1.75. The zero-order valence-corrected chi connectivity index (χ0v) is 10.8. The average Bonchev–Trinajstić information content (AvgIpc) is 2.38. The molecule has 3 heteroatoms. The maximum absolute atomic E-state index is 11.2. The molecule has 0 atom stereocenters. The highest BCUT2D eigenvalue weighted by molar-refractivity contribution is 6.19. The van der Waals surface area contributed by atoms with E-state index in [1.165, 1.54) is 25.3 Å². The number of amides is 1. The molecule has 1 amide bonds. The second-order valence-corrected chi connectivity index (χ2v) is 4.55. The number of allylic oxidation sites excluding steroid dienone is 4. The van der Waals surface area contributed by atoms with Gasteiger partial charge >= 0.3 is 0 Å². The van der Waals surface area contributed by atoms with Crippen LogP contribution >= 0.6 is 0 Å². The standard InChI is InChI=1S/C15H19NO2/c1-2-3-4-5-10-18-13-8-6-12-7-9-15(17)16-14(12)11-13/h6-7,9,11H,2-5,8,10H2,1H3. The molecule has 0 saturated carbocycles. The minimum Gasteiger partial charge on any atom is -0.498 e. The van der Waals surface area contributed by atoms with Crippen molar-refractivity contribution in [3.05, 3.63) is 35.6 Å². The predicted molar refractivity (Wildman–Crippen MR) is 72.5 cm³/mol. The molecular formula is C15H19NO2. The maximum Gasteiger partial charge on any atom is 0.270 e. The molecule has 0 N–H and O–H groups in total. The predicted octanol–water partition coefficient (Wildman–Crippen LogP) is 3.33. The summed E-state index contributed by atoms with van der Waals surface area (Å²) in [7, 11) is 0. The Bertz CT molecular complexity index is 441. The van der Waals surface area contributed by atoms with Gasteiger partial charge in [0.05, 0.1) is 12.3 Å². The summed E-state index contributed by atoms with van der Waals surface area (Å²) in [4.78, 5) is 15.2. The summed E-state index contributed by atoms with van der Waals surface area (Å²) in [6.07, 6.45) is 12.9. The van der Waals surface area contributed by atoms with Gasteiger partial charge in [0, 0.05) is 18.6 Å². The summed E-state index contributed by atoms with van der Waals surface area (Å²) in [5.74, 6) is 0.722. The van der Waals surface area contributed by atoms with Crippen LogP contribution in [0.3, 0.4) is 0 Å². The molecule has 0 aromatic rings. The molecule has 0 fully saturated rings. The van der Waals surface area contributed by atoms with Crippen molar-refractivity contribution in [2.45, 2.75) is 39.0 Å². The molecular weight excluding hydrogens is 226 g/mol. The molecule has 0 radical (unpaired) electrons. The van der Waals surface area contributed by atoms with Crippen LogP contribution < -0.4 is 0 Å². The van der Waals surface area contributed by atoms with Crippen molar-refractivity contribution < 1.29 is 9.53 Å². The van der Waals surface area contributed by atoms with Gasteiger partial charge in [-0.15, -0.1) is 0 Å². The van der Waals surface area contributed by atoms with E-state index in [0.717, 1.165) is 36.5 Å². The highest BCUT2D eigenvalue weighted by atomic mass is 16.5. The SMILES string of the molecule is CCCCCCOC1=CC2=NC(=O)C=CC2=CC1. The Morgan fingerprint density at radius 2 is 2.17 bits per heavy atom. The van der Waals surface area contributed by atoms with E-state index in [9.17, 15) is 4.79 Å². The normalized spacial score (nSPS) is 17.8. The van der Waals surface area contributed by atoms with Crippen LogP contribution in [0.4, 0.5) is 0 Å². The minimum atomic E-state index is -0.192. The van der Waals surface area contributed by atoms with Crippen molar-refractivity contribution in [2.24, 2.45) is 4.99 Å². The maximum atomic E-state index is 11.2. The van der Waals surface area contributed by atoms with Crippen molar-refractivity contribution in [1.29, 1.82) is 0 Å². The average molecular weight is 245 g/mol. The lowest BCUT2D eigenvalue weighted by atomic mass is 10.00. The number of hydrogen-bond donors (Lipinski definition) is 0. The van der Waals surface area contributed by atoms with E-state index < -0.39 is 0 Å². The first kappa shape index (κ1) is 12.8. The van der Waals surface area contributed by atoms with Crippen LogP contribution in [0.1, 0.15) is 39.0 Å². The van der Waals surface area contributed by atoms with Crippen LogP contribution in [0.2, 0.25) is 0 Å². The van der Waals surface area contributed by atoms with Gasteiger partial charge in [-0.1, -0.05) is 32.3 Å². The largest absolute Gasteiger partial charge is 0.498 e. The lowest BCUT2D eigenvalue weighted by Crippen LogP contribution is -2.12. The van der Waals surface area contributed by atoms with Crippen molar-refractivity contribution in [2.75, 3.05) is 6.61 Å². The zero-order valence-electron chi connectivity index (χ0n) is 10.8. The van der Waals surface area contributed by atoms with E-state index in [1.807, 2.05) is 12.2 Å².